The maximum Gasteiger partial charge on any atom is 0.192 e. The average Bonchev–Trinajstić information content (AvgIpc) is 2.70. The molecule has 174 valence electrons. The minimum Gasteiger partial charge on any atom is -0.497 e. The molecule has 0 aliphatic heterocycles. The maximum absolute atomic E-state index is 11.1. The largest absolute Gasteiger partial charge is 0.497 e. The molecule has 4 nitrogen and oxygen atoms in total. The zero-order valence-corrected chi connectivity index (χ0v) is 22.0. The van der Waals surface area contributed by atoms with Crippen molar-refractivity contribution in [2.24, 2.45) is 5.92 Å². The molecule has 2 atom stereocenters. The minimum atomic E-state index is -1.95. The van der Waals surface area contributed by atoms with Gasteiger partial charge in [0.1, 0.15) is 12.0 Å². The number of carbonyl (C=O) groups excluding carboxylic acids is 1. The monoisotopic (exact) mass is 446 g/mol. The van der Waals surface area contributed by atoms with E-state index in [4.69, 9.17) is 13.9 Å². The van der Waals surface area contributed by atoms with Gasteiger partial charge in [-0.1, -0.05) is 57.6 Å². The van der Waals surface area contributed by atoms with Crippen molar-refractivity contribution in [3.63, 3.8) is 0 Å². The van der Waals surface area contributed by atoms with E-state index in [1.165, 1.54) is 5.57 Å². The van der Waals surface area contributed by atoms with Gasteiger partial charge in [0.05, 0.1) is 26.4 Å². The molecule has 0 spiro atoms. The molecule has 0 bridgehead atoms. The average molecular weight is 447 g/mol. The number of hydrogen-bond acceptors (Lipinski definition) is 4. The Hall–Kier alpha value is -1.69. The number of ether oxygens (including phenoxy) is 2. The maximum atomic E-state index is 11.1. The van der Waals surface area contributed by atoms with Crippen molar-refractivity contribution in [1.82, 2.24) is 0 Å². The molecule has 1 aromatic rings. The zero-order chi connectivity index (χ0) is 23.7. The summed E-state index contributed by atoms with van der Waals surface area (Å²) in [6.07, 6.45) is 5.92. The van der Waals surface area contributed by atoms with Gasteiger partial charge in [0.15, 0.2) is 8.32 Å². The smallest absolute Gasteiger partial charge is 0.192 e. The van der Waals surface area contributed by atoms with E-state index in [-0.39, 0.29) is 17.1 Å². The van der Waals surface area contributed by atoms with Gasteiger partial charge in [-0.15, -0.1) is 0 Å². The molecule has 5 heteroatoms. The van der Waals surface area contributed by atoms with Crippen LogP contribution in [0.3, 0.4) is 0 Å². The number of hydrogen-bond donors (Lipinski definition) is 0. The second-order valence-electron chi connectivity index (χ2n) is 9.89. The van der Waals surface area contributed by atoms with Gasteiger partial charge in [0.2, 0.25) is 0 Å². The predicted octanol–water partition coefficient (Wildman–Crippen LogP) is 6.72. The first-order valence-corrected chi connectivity index (χ1v) is 14.0. The first-order chi connectivity index (χ1) is 14.4. The van der Waals surface area contributed by atoms with Crippen molar-refractivity contribution in [2.45, 2.75) is 78.8 Å². The lowest BCUT2D eigenvalue weighted by molar-refractivity contribution is -0.104. The number of aldehydes is 1. The minimum absolute atomic E-state index is 0.0580. The molecule has 1 rings (SSSR count). The lowest BCUT2D eigenvalue weighted by atomic mass is 9.99. The van der Waals surface area contributed by atoms with Crippen LogP contribution in [0.25, 0.3) is 0 Å². The van der Waals surface area contributed by atoms with E-state index in [0.717, 1.165) is 29.6 Å². The van der Waals surface area contributed by atoms with Crippen LogP contribution in [-0.2, 0) is 20.6 Å². The van der Waals surface area contributed by atoms with E-state index in [1.54, 1.807) is 7.11 Å². The Labute approximate surface area is 190 Å². The fourth-order valence-corrected chi connectivity index (χ4v) is 4.18. The Morgan fingerprint density at radius 3 is 2.23 bits per heavy atom. The van der Waals surface area contributed by atoms with Gasteiger partial charge in [-0.2, -0.15) is 0 Å². The molecule has 0 aromatic heterocycles. The molecule has 0 saturated carbocycles. The van der Waals surface area contributed by atoms with Crippen LogP contribution >= 0.6 is 0 Å². The molecule has 0 aliphatic rings. The number of allylic oxidation sites excluding steroid dienone is 1. The third-order valence-electron chi connectivity index (χ3n) is 5.98. The van der Waals surface area contributed by atoms with E-state index in [9.17, 15) is 4.79 Å². The number of benzene rings is 1. The van der Waals surface area contributed by atoms with Gasteiger partial charge >= 0.3 is 0 Å². The van der Waals surface area contributed by atoms with Gasteiger partial charge in [0.25, 0.3) is 0 Å². The Morgan fingerprint density at radius 1 is 1.10 bits per heavy atom. The van der Waals surface area contributed by atoms with Crippen molar-refractivity contribution in [3.05, 3.63) is 53.1 Å². The molecular formula is C26H42O4Si. The third kappa shape index (κ3) is 9.54. The highest BCUT2D eigenvalue weighted by molar-refractivity contribution is 6.74. The van der Waals surface area contributed by atoms with E-state index in [0.29, 0.717) is 13.2 Å². The molecular weight excluding hydrogens is 404 g/mol. The number of carbonyl (C=O) groups is 1. The van der Waals surface area contributed by atoms with E-state index < -0.39 is 8.32 Å². The Morgan fingerprint density at radius 2 is 1.71 bits per heavy atom. The number of methoxy groups -OCH3 is 1. The van der Waals surface area contributed by atoms with Gasteiger partial charge in [0, 0.05) is 5.92 Å². The molecule has 0 N–H and O–H groups in total. The van der Waals surface area contributed by atoms with Crippen LogP contribution in [0.4, 0.5) is 0 Å². The molecule has 0 amide bonds. The summed E-state index contributed by atoms with van der Waals surface area (Å²) in [5.74, 6) is 0.970. The first kappa shape index (κ1) is 27.3. The van der Waals surface area contributed by atoms with Crippen LogP contribution in [0.1, 0.15) is 53.5 Å². The summed E-state index contributed by atoms with van der Waals surface area (Å²) >= 11 is 0. The Balaban J connectivity index is 2.78. The normalized spacial score (nSPS) is 15.5. The van der Waals surface area contributed by atoms with Crippen LogP contribution in [-0.4, -0.2) is 34.4 Å². The van der Waals surface area contributed by atoms with Crippen molar-refractivity contribution in [1.29, 1.82) is 0 Å². The Kier molecular flexibility index (Phi) is 10.9. The summed E-state index contributed by atoms with van der Waals surface area (Å²) in [5, 5.41) is 0.123. The highest BCUT2D eigenvalue weighted by Crippen LogP contribution is 2.38. The summed E-state index contributed by atoms with van der Waals surface area (Å²) in [5.41, 5.74) is 3.11. The second kappa shape index (κ2) is 12.4. The van der Waals surface area contributed by atoms with Crippen molar-refractivity contribution >= 4 is 14.6 Å². The summed E-state index contributed by atoms with van der Waals surface area (Å²) in [4.78, 5) is 11.1. The highest BCUT2D eigenvalue weighted by atomic mass is 28.4. The summed E-state index contributed by atoms with van der Waals surface area (Å²) in [6.45, 7) is 18.6. The van der Waals surface area contributed by atoms with Gasteiger partial charge in [-0.05, 0) is 61.7 Å². The standard InChI is InChI=1S/C26H42O4Si/c1-20(14-15-29-19-23-10-12-24(28-7)13-11-23)17-25(22(3)16-21(2)18-27)30-31(8,9)26(4,5)6/h10-13,16-18,22,25H,14-15,19H2,1-9H3/b20-17+,21-16-/t22-,25+/m0/s1. The first-order valence-electron chi connectivity index (χ1n) is 11.1. The summed E-state index contributed by atoms with van der Waals surface area (Å²) in [7, 11) is -0.286. The topological polar surface area (TPSA) is 44.8 Å². The third-order valence-corrected chi connectivity index (χ3v) is 10.5. The fraction of sp³-hybridized carbons (Fsp3) is 0.577. The van der Waals surface area contributed by atoms with E-state index >= 15 is 0 Å². The molecule has 31 heavy (non-hydrogen) atoms. The van der Waals surface area contributed by atoms with Crippen LogP contribution < -0.4 is 4.74 Å². The van der Waals surface area contributed by atoms with Crippen LogP contribution in [0, 0.1) is 5.92 Å². The molecule has 0 aliphatic carbocycles. The van der Waals surface area contributed by atoms with Crippen molar-refractivity contribution < 1.29 is 18.7 Å². The summed E-state index contributed by atoms with van der Waals surface area (Å²) in [6, 6.07) is 7.94. The molecule has 0 radical (unpaired) electrons. The van der Waals surface area contributed by atoms with Crippen LogP contribution in [0.15, 0.2) is 47.6 Å². The quantitative estimate of drug-likeness (QED) is 0.117. The lowest BCUT2D eigenvalue weighted by Gasteiger charge is -2.40. The SMILES string of the molecule is COc1ccc(COCC/C(C)=C/[C@@H](O[Si](C)(C)C(C)(C)C)[C@@H](C)/C=C(/C)C=O)cc1. The van der Waals surface area contributed by atoms with Gasteiger partial charge in [-0.3, -0.25) is 4.79 Å². The van der Waals surface area contributed by atoms with Crippen LogP contribution in [0.5, 0.6) is 5.75 Å². The second-order valence-corrected chi connectivity index (χ2v) is 14.7. The Bertz CT molecular complexity index is 742. The summed E-state index contributed by atoms with van der Waals surface area (Å²) < 4.78 is 17.8. The van der Waals surface area contributed by atoms with E-state index in [1.807, 2.05) is 37.3 Å². The lowest BCUT2D eigenvalue weighted by Crippen LogP contribution is -2.45. The van der Waals surface area contributed by atoms with E-state index in [2.05, 4.69) is 53.8 Å². The highest BCUT2D eigenvalue weighted by Gasteiger charge is 2.39. The van der Waals surface area contributed by atoms with Gasteiger partial charge < -0.3 is 13.9 Å². The molecule has 0 saturated heterocycles. The van der Waals surface area contributed by atoms with Crippen molar-refractivity contribution in [2.75, 3.05) is 13.7 Å². The number of rotatable bonds is 12. The van der Waals surface area contributed by atoms with Gasteiger partial charge in [-0.25, -0.2) is 0 Å². The van der Waals surface area contributed by atoms with Crippen molar-refractivity contribution in [3.8, 4) is 5.75 Å². The molecule has 0 heterocycles. The van der Waals surface area contributed by atoms with Crippen LogP contribution in [0.2, 0.25) is 18.1 Å². The molecule has 0 unspecified atom stereocenters. The predicted molar refractivity (Wildman–Crippen MR) is 132 cm³/mol. The molecule has 1 aromatic carbocycles. The molecule has 0 fully saturated rings. The fourth-order valence-electron chi connectivity index (χ4n) is 2.87. The zero-order valence-electron chi connectivity index (χ0n) is 21.0.